The van der Waals surface area contributed by atoms with E-state index in [1.165, 1.54) is 6.92 Å². The van der Waals surface area contributed by atoms with Gasteiger partial charge in [0.1, 0.15) is 0 Å². The maximum Gasteiger partial charge on any atom is 0.242 e. The zero-order valence-corrected chi connectivity index (χ0v) is 9.40. The molecule has 1 aliphatic rings. The van der Waals surface area contributed by atoms with Crippen LogP contribution in [0.5, 0.6) is 0 Å². The third-order valence-corrected chi connectivity index (χ3v) is 2.71. The number of hydrogen-bond donors (Lipinski definition) is 0. The van der Waals surface area contributed by atoms with Gasteiger partial charge in [0, 0.05) is 33.1 Å². The number of carbonyl (C=O) groups is 2. The molecule has 5 nitrogen and oxygen atoms in total. The lowest BCUT2D eigenvalue weighted by molar-refractivity contribution is -0.129. The summed E-state index contributed by atoms with van der Waals surface area (Å²) in [6, 6.07) is 3.37. The van der Waals surface area contributed by atoms with Crippen LogP contribution in [0.4, 0.5) is 5.88 Å². The second-order valence-corrected chi connectivity index (χ2v) is 3.93. The Morgan fingerprint density at radius 2 is 2.12 bits per heavy atom. The predicted molar refractivity (Wildman–Crippen MR) is 58.6 cm³/mol. The lowest BCUT2D eigenvalue weighted by Crippen LogP contribution is -2.48. The number of nitrogens with zero attached hydrogens (tertiary/aromatic N) is 2. The number of amides is 1. The van der Waals surface area contributed by atoms with E-state index in [1.807, 2.05) is 4.90 Å². The van der Waals surface area contributed by atoms with Crippen molar-refractivity contribution in [3.8, 4) is 0 Å². The molecule has 1 saturated heterocycles. The molecule has 0 aromatic carbocycles. The average molecular weight is 222 g/mol. The van der Waals surface area contributed by atoms with Gasteiger partial charge < -0.3 is 14.2 Å². The van der Waals surface area contributed by atoms with E-state index in [1.54, 1.807) is 24.1 Å². The number of furan rings is 1. The number of rotatable bonds is 2. The highest BCUT2D eigenvalue weighted by atomic mass is 16.4. The van der Waals surface area contributed by atoms with Gasteiger partial charge in [-0.15, -0.1) is 0 Å². The predicted octanol–water partition coefficient (Wildman–Crippen LogP) is 0.761. The Morgan fingerprint density at radius 1 is 1.38 bits per heavy atom. The van der Waals surface area contributed by atoms with E-state index in [4.69, 9.17) is 4.42 Å². The highest BCUT2D eigenvalue weighted by Gasteiger charge is 2.23. The molecule has 0 spiro atoms. The highest BCUT2D eigenvalue weighted by Crippen LogP contribution is 2.20. The fourth-order valence-corrected chi connectivity index (χ4v) is 1.63. The molecular formula is C11H14N2O3. The molecule has 0 atom stereocenters. The minimum Gasteiger partial charge on any atom is -0.437 e. The van der Waals surface area contributed by atoms with Crippen LogP contribution in [0, 0.1) is 0 Å². The van der Waals surface area contributed by atoms with E-state index in [9.17, 15) is 9.59 Å². The van der Waals surface area contributed by atoms with E-state index >= 15 is 0 Å². The van der Waals surface area contributed by atoms with Gasteiger partial charge in [-0.3, -0.25) is 9.59 Å². The van der Waals surface area contributed by atoms with Crippen LogP contribution in [0.25, 0.3) is 0 Å². The van der Waals surface area contributed by atoms with Gasteiger partial charge in [0.2, 0.25) is 5.91 Å². The number of piperazine rings is 1. The number of carbonyl (C=O) groups excluding carboxylic acids is 2. The summed E-state index contributed by atoms with van der Waals surface area (Å²) in [6.07, 6.45) is 0. The molecule has 1 amide bonds. The summed E-state index contributed by atoms with van der Waals surface area (Å²) in [5.74, 6) is 0.881. The summed E-state index contributed by atoms with van der Waals surface area (Å²) in [4.78, 5) is 26.1. The van der Waals surface area contributed by atoms with E-state index in [2.05, 4.69) is 0 Å². The lowest BCUT2D eigenvalue weighted by atomic mass is 10.3. The third-order valence-electron chi connectivity index (χ3n) is 2.71. The van der Waals surface area contributed by atoms with E-state index in [-0.39, 0.29) is 11.7 Å². The first-order valence-electron chi connectivity index (χ1n) is 5.17. The molecule has 0 saturated carbocycles. The van der Waals surface area contributed by atoms with Gasteiger partial charge in [-0.05, 0) is 6.07 Å². The van der Waals surface area contributed by atoms with Gasteiger partial charge in [-0.1, -0.05) is 0 Å². The molecular weight excluding hydrogens is 208 g/mol. The van der Waals surface area contributed by atoms with Crippen molar-refractivity contribution in [1.29, 1.82) is 0 Å². The molecule has 2 rings (SSSR count). The molecule has 0 bridgehead atoms. The fraction of sp³-hybridized carbons (Fsp3) is 0.455. The summed E-state index contributed by atoms with van der Waals surface area (Å²) in [5, 5.41) is 0. The molecule has 0 radical (unpaired) electrons. The summed E-state index contributed by atoms with van der Waals surface area (Å²) in [6.45, 7) is 3.17. The first kappa shape index (κ1) is 10.7. The molecule has 0 aliphatic carbocycles. The Bertz CT molecular complexity index is 425. The minimum atomic E-state index is -0.105. The topological polar surface area (TPSA) is 53.8 Å². The first-order chi connectivity index (χ1) is 7.58. The Balaban J connectivity index is 2.12. The van der Waals surface area contributed by atoms with Crippen molar-refractivity contribution in [1.82, 2.24) is 4.90 Å². The van der Waals surface area contributed by atoms with Crippen LogP contribution in [-0.2, 0) is 4.79 Å². The summed E-state index contributed by atoms with van der Waals surface area (Å²) in [7, 11) is 1.78. The quantitative estimate of drug-likeness (QED) is 0.693. The maximum absolute atomic E-state index is 11.5. The summed E-state index contributed by atoms with van der Waals surface area (Å²) >= 11 is 0. The van der Waals surface area contributed by atoms with Crippen LogP contribution >= 0.6 is 0 Å². The van der Waals surface area contributed by atoms with Gasteiger partial charge >= 0.3 is 0 Å². The van der Waals surface area contributed by atoms with Crippen LogP contribution in [-0.4, -0.2) is 43.3 Å². The van der Waals surface area contributed by atoms with Gasteiger partial charge in [-0.2, -0.15) is 0 Å². The normalized spacial score (nSPS) is 16.8. The van der Waals surface area contributed by atoms with Crippen molar-refractivity contribution in [2.75, 3.05) is 31.6 Å². The molecule has 0 N–H and O–H groups in total. The molecule has 1 aliphatic heterocycles. The first-order valence-corrected chi connectivity index (χ1v) is 5.17. The van der Waals surface area contributed by atoms with Crippen molar-refractivity contribution >= 4 is 17.6 Å². The fourth-order valence-electron chi connectivity index (χ4n) is 1.63. The SMILES string of the molecule is CC(=O)c1ccc(N2CCN(C)C(=O)C2)o1. The summed E-state index contributed by atoms with van der Waals surface area (Å²) < 4.78 is 5.37. The monoisotopic (exact) mass is 222 g/mol. The average Bonchev–Trinajstić information content (AvgIpc) is 2.71. The van der Waals surface area contributed by atoms with Crippen molar-refractivity contribution < 1.29 is 14.0 Å². The molecule has 1 aromatic rings. The second kappa shape index (κ2) is 4.00. The molecule has 1 aromatic heterocycles. The van der Waals surface area contributed by atoms with Gasteiger partial charge in [-0.25, -0.2) is 0 Å². The van der Waals surface area contributed by atoms with Gasteiger partial charge in [0.25, 0.3) is 0 Å². The van der Waals surface area contributed by atoms with Crippen molar-refractivity contribution in [2.45, 2.75) is 6.92 Å². The van der Waals surface area contributed by atoms with Gasteiger partial charge in [0.15, 0.2) is 17.4 Å². The van der Waals surface area contributed by atoms with Crippen molar-refractivity contribution in [2.24, 2.45) is 0 Å². The lowest BCUT2D eigenvalue weighted by Gasteiger charge is -2.31. The Morgan fingerprint density at radius 3 is 2.69 bits per heavy atom. The summed E-state index contributed by atoms with van der Waals surface area (Å²) in [5.41, 5.74) is 0. The largest absolute Gasteiger partial charge is 0.437 e. The van der Waals surface area contributed by atoms with Crippen LogP contribution in [0.2, 0.25) is 0 Å². The van der Waals surface area contributed by atoms with E-state index in [0.717, 1.165) is 6.54 Å². The van der Waals surface area contributed by atoms with Gasteiger partial charge in [0.05, 0.1) is 6.54 Å². The van der Waals surface area contributed by atoms with Crippen LogP contribution < -0.4 is 4.90 Å². The van der Waals surface area contributed by atoms with Crippen molar-refractivity contribution in [3.05, 3.63) is 17.9 Å². The molecule has 86 valence electrons. The zero-order chi connectivity index (χ0) is 11.7. The number of anilines is 1. The number of Topliss-reactive ketones (excluding diaryl/α,β-unsaturated/α-hetero) is 1. The Labute approximate surface area is 93.6 Å². The van der Waals surface area contributed by atoms with Crippen LogP contribution in [0.15, 0.2) is 16.5 Å². The number of ketones is 1. The highest BCUT2D eigenvalue weighted by molar-refractivity contribution is 5.91. The van der Waals surface area contributed by atoms with Crippen LogP contribution in [0.3, 0.4) is 0 Å². The third kappa shape index (κ3) is 1.93. The standard InChI is InChI=1S/C11H14N2O3/c1-8(14)9-3-4-11(16-9)13-6-5-12(2)10(15)7-13/h3-4H,5-7H2,1-2H3. The molecule has 5 heteroatoms. The Hall–Kier alpha value is -1.78. The molecule has 0 unspecified atom stereocenters. The number of hydrogen-bond acceptors (Lipinski definition) is 4. The molecule has 16 heavy (non-hydrogen) atoms. The van der Waals surface area contributed by atoms with Crippen molar-refractivity contribution in [3.63, 3.8) is 0 Å². The van der Waals surface area contributed by atoms with E-state index in [0.29, 0.717) is 24.7 Å². The maximum atomic E-state index is 11.5. The Kier molecular flexibility index (Phi) is 2.68. The second-order valence-electron chi connectivity index (χ2n) is 3.93. The van der Waals surface area contributed by atoms with Crippen LogP contribution in [0.1, 0.15) is 17.5 Å². The smallest absolute Gasteiger partial charge is 0.242 e. The minimum absolute atomic E-state index is 0.0621. The molecule has 1 fully saturated rings. The van der Waals surface area contributed by atoms with E-state index < -0.39 is 0 Å². The molecule has 2 heterocycles. The number of likely N-dealkylation sites (N-methyl/N-ethyl adjacent to an activating group) is 1. The zero-order valence-electron chi connectivity index (χ0n) is 9.40.